The number of imidazole rings is 1. The van der Waals surface area contributed by atoms with Gasteiger partial charge in [-0.3, -0.25) is 9.59 Å². The van der Waals surface area contributed by atoms with Gasteiger partial charge in [0.25, 0.3) is 5.56 Å². The Bertz CT molecular complexity index is 1220. The van der Waals surface area contributed by atoms with Crippen LogP contribution in [-0.2, 0) is 17.1 Å². The molecule has 4 aromatic rings. The minimum absolute atomic E-state index is 0.0710. The number of aromatic amines is 1. The summed E-state index contributed by atoms with van der Waals surface area (Å²) in [5.74, 6) is 0.983. The highest BCUT2D eigenvalue weighted by molar-refractivity contribution is 7.99. The molecule has 0 aliphatic rings. The van der Waals surface area contributed by atoms with Crippen LogP contribution in [0, 0.1) is 13.8 Å². The number of thiophene rings is 1. The number of amides is 1. The normalized spacial score (nSPS) is 12.5. The molecule has 1 atom stereocenters. The smallest absolute Gasteiger partial charge is 0.259 e. The van der Waals surface area contributed by atoms with E-state index >= 15 is 0 Å². The van der Waals surface area contributed by atoms with E-state index in [1.54, 1.807) is 0 Å². The van der Waals surface area contributed by atoms with Crippen molar-refractivity contribution in [2.45, 2.75) is 38.3 Å². The summed E-state index contributed by atoms with van der Waals surface area (Å²) in [6.07, 6.45) is 3.83. The first-order valence-corrected chi connectivity index (χ1v) is 11.1. The molecule has 0 unspecified atom stereocenters. The molecule has 0 aliphatic carbocycles. The lowest BCUT2D eigenvalue weighted by Crippen LogP contribution is -2.30. The van der Waals surface area contributed by atoms with Crippen molar-refractivity contribution in [2.75, 3.05) is 0 Å². The van der Waals surface area contributed by atoms with E-state index in [4.69, 9.17) is 0 Å². The van der Waals surface area contributed by atoms with Gasteiger partial charge in [-0.25, -0.2) is 9.97 Å². The van der Waals surface area contributed by atoms with Crippen molar-refractivity contribution >= 4 is 44.9 Å². The van der Waals surface area contributed by atoms with Crippen molar-refractivity contribution in [1.29, 1.82) is 0 Å². The maximum Gasteiger partial charge on any atom is 0.259 e. The molecule has 9 heteroatoms. The highest BCUT2D eigenvalue weighted by Crippen LogP contribution is 2.26. The van der Waals surface area contributed by atoms with Crippen LogP contribution in [0.2, 0.25) is 0 Å². The molecule has 29 heavy (non-hydrogen) atoms. The van der Waals surface area contributed by atoms with Gasteiger partial charge in [0, 0.05) is 17.3 Å². The van der Waals surface area contributed by atoms with Crippen LogP contribution in [0.15, 0.2) is 35.4 Å². The van der Waals surface area contributed by atoms with Gasteiger partial charge in [0.2, 0.25) is 5.91 Å². The average Bonchev–Trinajstić information content (AvgIpc) is 3.24. The zero-order valence-corrected chi connectivity index (χ0v) is 18.0. The number of nitrogens with one attached hydrogen (secondary N) is 2. The van der Waals surface area contributed by atoms with Crippen molar-refractivity contribution in [2.24, 2.45) is 0 Å². The Kier molecular flexibility index (Phi) is 5.42. The van der Waals surface area contributed by atoms with Gasteiger partial charge in [-0.15, -0.1) is 23.1 Å². The van der Waals surface area contributed by atoms with Crippen LogP contribution in [-0.4, -0.2) is 30.5 Å². The van der Waals surface area contributed by atoms with Crippen LogP contribution in [0.5, 0.6) is 0 Å². The number of pyridine rings is 1. The first kappa shape index (κ1) is 19.7. The quantitative estimate of drug-likeness (QED) is 0.493. The third kappa shape index (κ3) is 4.06. The second-order valence-electron chi connectivity index (χ2n) is 6.85. The Hall–Kier alpha value is -2.65. The third-order valence-corrected chi connectivity index (χ3v) is 7.04. The van der Waals surface area contributed by atoms with Gasteiger partial charge in [0.1, 0.15) is 16.3 Å². The molecule has 0 aliphatic heterocycles. The fourth-order valence-electron chi connectivity index (χ4n) is 3.04. The van der Waals surface area contributed by atoms with Crippen molar-refractivity contribution in [3.63, 3.8) is 0 Å². The molecule has 4 rings (SSSR count). The third-order valence-electron chi connectivity index (χ3n) is 4.79. The van der Waals surface area contributed by atoms with Gasteiger partial charge in [-0.05, 0) is 38.5 Å². The molecule has 150 valence electrons. The number of fused-ring (bicyclic) bond motifs is 2. The first-order valence-electron chi connectivity index (χ1n) is 9.23. The Balaban J connectivity index is 1.36. The van der Waals surface area contributed by atoms with E-state index in [0.717, 1.165) is 26.6 Å². The molecular weight excluding hydrogens is 406 g/mol. The van der Waals surface area contributed by atoms with Crippen LogP contribution >= 0.6 is 23.1 Å². The molecule has 0 saturated carbocycles. The summed E-state index contributed by atoms with van der Waals surface area (Å²) in [5.41, 5.74) is 2.53. The number of aryl methyl sites for hydroxylation is 2. The fourth-order valence-corrected chi connectivity index (χ4v) is 4.87. The lowest BCUT2D eigenvalue weighted by Gasteiger charge is -2.11. The number of hydrogen-bond donors (Lipinski definition) is 2. The van der Waals surface area contributed by atoms with Crippen molar-refractivity contribution in [3.8, 4) is 0 Å². The number of rotatable bonds is 6. The maximum absolute atomic E-state index is 12.4. The number of carbonyl (C=O) groups is 1. The molecule has 0 fully saturated rings. The van der Waals surface area contributed by atoms with E-state index in [2.05, 4.69) is 20.3 Å². The van der Waals surface area contributed by atoms with E-state index in [0.29, 0.717) is 23.5 Å². The Labute approximate surface area is 175 Å². The van der Waals surface area contributed by atoms with E-state index in [-0.39, 0.29) is 16.7 Å². The monoisotopic (exact) mass is 427 g/mol. The average molecular weight is 428 g/mol. The zero-order chi connectivity index (χ0) is 20.5. The van der Waals surface area contributed by atoms with Crippen molar-refractivity contribution in [3.05, 3.63) is 62.9 Å². The summed E-state index contributed by atoms with van der Waals surface area (Å²) >= 11 is 2.97. The number of thioether (sulfide) groups is 1. The van der Waals surface area contributed by atoms with Crippen LogP contribution in [0.3, 0.4) is 0 Å². The minimum atomic E-state index is -0.278. The molecule has 1 amide bonds. The predicted octanol–water partition coefficient (Wildman–Crippen LogP) is 3.19. The standard InChI is InChI=1S/C20H21N5O2S2/c1-11-12(2)29-20-17(11)19(27)23-15(24-20)10-28-13(3)18(26)21-8-14-9-25-7-5-4-6-16(25)22-14/h4-7,9,13H,8,10H2,1-3H3,(H,21,26)(H,23,24,27)/t13-/m1/s1. The van der Waals surface area contributed by atoms with Crippen LogP contribution < -0.4 is 10.9 Å². The van der Waals surface area contributed by atoms with Crippen LogP contribution in [0.25, 0.3) is 15.9 Å². The van der Waals surface area contributed by atoms with Gasteiger partial charge in [0.15, 0.2) is 0 Å². The SMILES string of the molecule is Cc1sc2nc(CS[C@H](C)C(=O)NCc3cn4ccccc4n3)[nH]c(=O)c2c1C. The second kappa shape index (κ2) is 8.00. The molecule has 0 spiro atoms. The first-order chi connectivity index (χ1) is 13.9. The Morgan fingerprint density at radius 2 is 2.17 bits per heavy atom. The molecule has 0 bridgehead atoms. The summed E-state index contributed by atoms with van der Waals surface area (Å²) in [6, 6.07) is 5.78. The summed E-state index contributed by atoms with van der Waals surface area (Å²) in [4.78, 5) is 38.5. The van der Waals surface area contributed by atoms with Crippen molar-refractivity contribution in [1.82, 2.24) is 24.7 Å². The Morgan fingerprint density at radius 3 is 2.97 bits per heavy atom. The lowest BCUT2D eigenvalue weighted by atomic mass is 10.2. The number of hydrogen-bond acceptors (Lipinski definition) is 6. The molecular formula is C20H21N5O2S2. The van der Waals surface area contributed by atoms with E-state index < -0.39 is 0 Å². The molecule has 2 N–H and O–H groups in total. The van der Waals surface area contributed by atoms with Gasteiger partial charge in [-0.1, -0.05) is 6.07 Å². The minimum Gasteiger partial charge on any atom is -0.349 e. The fraction of sp³-hybridized carbons (Fsp3) is 0.300. The topological polar surface area (TPSA) is 92.2 Å². The summed E-state index contributed by atoms with van der Waals surface area (Å²) in [5, 5.41) is 3.31. The van der Waals surface area contributed by atoms with Crippen molar-refractivity contribution < 1.29 is 4.79 Å². The number of carbonyl (C=O) groups excluding carboxylic acids is 1. The zero-order valence-electron chi connectivity index (χ0n) is 16.4. The molecule has 0 radical (unpaired) electrons. The number of aromatic nitrogens is 4. The van der Waals surface area contributed by atoms with Crippen LogP contribution in [0.1, 0.15) is 28.9 Å². The van der Waals surface area contributed by atoms with Gasteiger partial charge in [0.05, 0.1) is 28.6 Å². The van der Waals surface area contributed by atoms with E-state index in [9.17, 15) is 9.59 Å². The summed E-state index contributed by atoms with van der Waals surface area (Å²) < 4.78 is 1.92. The highest BCUT2D eigenvalue weighted by atomic mass is 32.2. The van der Waals surface area contributed by atoms with E-state index in [1.165, 1.54) is 23.1 Å². The summed E-state index contributed by atoms with van der Waals surface area (Å²) in [6.45, 7) is 6.15. The molecule has 4 heterocycles. The van der Waals surface area contributed by atoms with Crippen LogP contribution in [0.4, 0.5) is 0 Å². The van der Waals surface area contributed by atoms with E-state index in [1.807, 2.05) is 55.8 Å². The lowest BCUT2D eigenvalue weighted by molar-refractivity contribution is -0.120. The maximum atomic E-state index is 12.4. The predicted molar refractivity (Wildman–Crippen MR) is 118 cm³/mol. The summed E-state index contributed by atoms with van der Waals surface area (Å²) in [7, 11) is 0. The largest absolute Gasteiger partial charge is 0.349 e. The molecule has 4 aromatic heterocycles. The van der Waals surface area contributed by atoms with Gasteiger partial charge < -0.3 is 14.7 Å². The highest BCUT2D eigenvalue weighted by Gasteiger charge is 2.16. The van der Waals surface area contributed by atoms with Gasteiger partial charge in [-0.2, -0.15) is 0 Å². The molecule has 7 nitrogen and oxygen atoms in total. The molecule has 0 saturated heterocycles. The Morgan fingerprint density at radius 1 is 1.34 bits per heavy atom. The molecule has 0 aromatic carbocycles. The second-order valence-corrected chi connectivity index (χ2v) is 9.38. The number of H-pyrrole nitrogens is 1. The van der Waals surface area contributed by atoms with Gasteiger partial charge >= 0.3 is 0 Å². The number of nitrogens with zero attached hydrogens (tertiary/aromatic N) is 3.